The van der Waals surface area contributed by atoms with E-state index in [9.17, 15) is 0 Å². The molecular formula is C14H19N5. The summed E-state index contributed by atoms with van der Waals surface area (Å²) in [6.07, 6.45) is 3.91. The van der Waals surface area contributed by atoms with Crippen LogP contribution < -0.4 is 10.2 Å². The number of pyridine rings is 1. The molecule has 2 aromatic heterocycles. The summed E-state index contributed by atoms with van der Waals surface area (Å²) >= 11 is 0. The Morgan fingerprint density at radius 1 is 1.32 bits per heavy atom. The quantitative estimate of drug-likeness (QED) is 0.899. The van der Waals surface area contributed by atoms with Gasteiger partial charge in [0.1, 0.15) is 11.6 Å². The van der Waals surface area contributed by atoms with Crippen molar-refractivity contribution in [3.8, 4) is 0 Å². The van der Waals surface area contributed by atoms with E-state index in [1.54, 1.807) is 0 Å². The molecule has 0 bridgehead atoms. The van der Waals surface area contributed by atoms with E-state index in [4.69, 9.17) is 4.98 Å². The summed E-state index contributed by atoms with van der Waals surface area (Å²) in [6, 6.07) is 6.22. The lowest BCUT2D eigenvalue weighted by Gasteiger charge is -2.28. The molecule has 1 aliphatic heterocycles. The van der Waals surface area contributed by atoms with Crippen molar-refractivity contribution in [2.45, 2.75) is 26.6 Å². The smallest absolute Gasteiger partial charge is 0.129 e. The zero-order chi connectivity index (χ0) is 13.1. The molecule has 0 amide bonds. The largest absolute Gasteiger partial charge is 0.347 e. The minimum Gasteiger partial charge on any atom is -0.347 e. The summed E-state index contributed by atoms with van der Waals surface area (Å²) in [5.41, 5.74) is 1.09. The maximum Gasteiger partial charge on any atom is 0.129 e. The molecule has 0 saturated carbocycles. The van der Waals surface area contributed by atoms with E-state index < -0.39 is 0 Å². The second-order valence-corrected chi connectivity index (χ2v) is 4.73. The van der Waals surface area contributed by atoms with Crippen LogP contribution in [0.25, 0.3) is 0 Å². The van der Waals surface area contributed by atoms with E-state index in [1.807, 2.05) is 12.4 Å². The number of fused-ring (bicyclic) bond motifs is 1. The van der Waals surface area contributed by atoms with Gasteiger partial charge in [0, 0.05) is 32.0 Å². The average Bonchev–Trinajstić information content (AvgIpc) is 2.92. The molecule has 5 nitrogen and oxygen atoms in total. The second-order valence-electron chi connectivity index (χ2n) is 4.73. The van der Waals surface area contributed by atoms with Crippen LogP contribution in [0.5, 0.6) is 0 Å². The predicted molar refractivity (Wildman–Crippen MR) is 74.9 cm³/mol. The van der Waals surface area contributed by atoms with Crippen molar-refractivity contribution >= 4 is 5.82 Å². The van der Waals surface area contributed by atoms with Crippen molar-refractivity contribution in [1.82, 2.24) is 19.9 Å². The second kappa shape index (κ2) is 5.40. The summed E-state index contributed by atoms with van der Waals surface area (Å²) in [7, 11) is 0. The first-order chi connectivity index (χ1) is 9.36. The summed E-state index contributed by atoms with van der Waals surface area (Å²) in [4.78, 5) is 11.4. The van der Waals surface area contributed by atoms with Crippen LogP contribution in [-0.2, 0) is 19.6 Å². The van der Waals surface area contributed by atoms with Crippen LogP contribution in [0.15, 0.2) is 30.6 Å². The number of nitrogens with one attached hydrogen (secondary N) is 1. The van der Waals surface area contributed by atoms with Crippen LogP contribution in [0.2, 0.25) is 0 Å². The molecular weight excluding hydrogens is 238 g/mol. The molecule has 1 aliphatic rings. The van der Waals surface area contributed by atoms with Gasteiger partial charge in [0.15, 0.2) is 0 Å². The Bertz CT molecular complexity index is 548. The van der Waals surface area contributed by atoms with Crippen molar-refractivity contribution in [3.05, 3.63) is 42.1 Å². The van der Waals surface area contributed by atoms with Crippen molar-refractivity contribution in [2.75, 3.05) is 18.0 Å². The molecule has 3 heterocycles. The molecule has 5 heteroatoms. The van der Waals surface area contributed by atoms with Crippen LogP contribution in [0.4, 0.5) is 5.82 Å². The van der Waals surface area contributed by atoms with Gasteiger partial charge in [0.05, 0.1) is 12.2 Å². The molecule has 0 spiro atoms. The third-order valence-corrected chi connectivity index (χ3v) is 3.42. The molecule has 19 heavy (non-hydrogen) atoms. The molecule has 100 valence electrons. The van der Waals surface area contributed by atoms with E-state index in [1.165, 1.54) is 0 Å². The molecule has 0 aliphatic carbocycles. The van der Waals surface area contributed by atoms with Gasteiger partial charge >= 0.3 is 0 Å². The monoisotopic (exact) mass is 257 g/mol. The van der Waals surface area contributed by atoms with Crippen molar-refractivity contribution in [1.29, 1.82) is 0 Å². The van der Waals surface area contributed by atoms with E-state index in [0.717, 1.165) is 50.1 Å². The maximum atomic E-state index is 4.72. The Kier molecular flexibility index (Phi) is 3.46. The van der Waals surface area contributed by atoms with Crippen LogP contribution in [0.1, 0.15) is 18.4 Å². The molecule has 3 rings (SSSR count). The third-order valence-electron chi connectivity index (χ3n) is 3.42. The molecule has 0 unspecified atom stereocenters. The first kappa shape index (κ1) is 12.2. The Morgan fingerprint density at radius 2 is 2.26 bits per heavy atom. The number of anilines is 1. The number of hydrogen-bond donors (Lipinski definition) is 1. The highest BCUT2D eigenvalue weighted by molar-refractivity contribution is 5.40. The standard InChI is InChI=1S/C14H19N5/c1-2-15-10-12-4-3-5-13(17-12)19-9-8-18-7-6-16-14(18)11-19/h3-7,15H,2,8-11H2,1H3. The molecule has 0 fully saturated rings. The Labute approximate surface area is 113 Å². The minimum atomic E-state index is 0.826. The number of rotatable bonds is 4. The lowest BCUT2D eigenvalue weighted by molar-refractivity contribution is 0.555. The molecule has 0 saturated heterocycles. The number of nitrogens with zero attached hydrogens (tertiary/aromatic N) is 4. The number of imidazole rings is 1. The number of aromatic nitrogens is 3. The van der Waals surface area contributed by atoms with Crippen LogP contribution in [0.3, 0.4) is 0 Å². The van der Waals surface area contributed by atoms with Gasteiger partial charge in [0.2, 0.25) is 0 Å². The lowest BCUT2D eigenvalue weighted by atomic mass is 10.3. The fourth-order valence-electron chi connectivity index (χ4n) is 2.36. The van der Waals surface area contributed by atoms with E-state index >= 15 is 0 Å². The van der Waals surface area contributed by atoms with Crippen molar-refractivity contribution in [2.24, 2.45) is 0 Å². The van der Waals surface area contributed by atoms with E-state index in [-0.39, 0.29) is 0 Å². The highest BCUT2D eigenvalue weighted by Crippen LogP contribution is 2.18. The van der Waals surface area contributed by atoms with Crippen molar-refractivity contribution < 1.29 is 0 Å². The minimum absolute atomic E-state index is 0.826. The Hall–Kier alpha value is -1.88. The first-order valence-corrected chi connectivity index (χ1v) is 6.78. The zero-order valence-corrected chi connectivity index (χ0v) is 11.2. The van der Waals surface area contributed by atoms with Crippen molar-refractivity contribution in [3.63, 3.8) is 0 Å². The van der Waals surface area contributed by atoms with Gasteiger partial charge in [-0.05, 0) is 18.7 Å². The fraction of sp³-hybridized carbons (Fsp3) is 0.429. The average molecular weight is 257 g/mol. The predicted octanol–water partition coefficient (Wildman–Crippen LogP) is 1.41. The van der Waals surface area contributed by atoms with Crippen LogP contribution >= 0.6 is 0 Å². The summed E-state index contributed by atoms with van der Waals surface area (Å²) in [6.45, 7) is 6.70. The van der Waals surface area contributed by atoms with E-state index in [2.05, 4.69) is 44.9 Å². The normalized spacial score (nSPS) is 14.5. The van der Waals surface area contributed by atoms with Gasteiger partial charge in [-0.3, -0.25) is 0 Å². The van der Waals surface area contributed by atoms with Gasteiger partial charge in [-0.15, -0.1) is 0 Å². The fourth-order valence-corrected chi connectivity index (χ4v) is 2.36. The van der Waals surface area contributed by atoms with E-state index in [0.29, 0.717) is 0 Å². The van der Waals surface area contributed by atoms with Crippen LogP contribution in [0, 0.1) is 0 Å². The summed E-state index contributed by atoms with van der Waals surface area (Å²) in [5.74, 6) is 2.16. The lowest BCUT2D eigenvalue weighted by Crippen LogP contribution is -2.34. The van der Waals surface area contributed by atoms with Gasteiger partial charge in [-0.25, -0.2) is 9.97 Å². The van der Waals surface area contributed by atoms with Gasteiger partial charge in [0.25, 0.3) is 0 Å². The Morgan fingerprint density at radius 3 is 3.16 bits per heavy atom. The molecule has 0 atom stereocenters. The summed E-state index contributed by atoms with van der Waals surface area (Å²) in [5, 5.41) is 3.31. The highest BCUT2D eigenvalue weighted by atomic mass is 15.3. The summed E-state index contributed by atoms with van der Waals surface area (Å²) < 4.78 is 2.21. The zero-order valence-electron chi connectivity index (χ0n) is 11.2. The third kappa shape index (κ3) is 2.61. The highest BCUT2D eigenvalue weighted by Gasteiger charge is 2.17. The van der Waals surface area contributed by atoms with Gasteiger partial charge in [-0.2, -0.15) is 0 Å². The van der Waals surface area contributed by atoms with Crippen LogP contribution in [-0.4, -0.2) is 27.6 Å². The topological polar surface area (TPSA) is 46.0 Å². The number of hydrogen-bond acceptors (Lipinski definition) is 4. The Balaban J connectivity index is 1.76. The molecule has 0 radical (unpaired) electrons. The maximum absolute atomic E-state index is 4.72. The molecule has 0 aromatic carbocycles. The SMILES string of the molecule is CCNCc1cccc(N2CCn3ccnc3C2)n1. The van der Waals surface area contributed by atoms with Gasteiger partial charge in [-0.1, -0.05) is 13.0 Å². The van der Waals surface area contributed by atoms with Gasteiger partial charge < -0.3 is 14.8 Å². The molecule has 1 N–H and O–H groups in total. The first-order valence-electron chi connectivity index (χ1n) is 6.78. The molecule has 2 aromatic rings.